The summed E-state index contributed by atoms with van der Waals surface area (Å²) in [6.45, 7) is 0. The van der Waals surface area contributed by atoms with Crippen LogP contribution in [0.2, 0.25) is 0 Å². The third kappa shape index (κ3) is 6.37. The molecule has 39 heavy (non-hydrogen) atoms. The summed E-state index contributed by atoms with van der Waals surface area (Å²) in [7, 11) is 1.41. The molecule has 3 atom stereocenters. The number of carboxylic acids is 1. The molecule has 0 unspecified atom stereocenters. The van der Waals surface area contributed by atoms with Crippen LogP contribution in [0.25, 0.3) is 11.0 Å². The largest absolute Gasteiger partial charge is 0.481 e. The lowest BCUT2D eigenvalue weighted by molar-refractivity contribution is -0.136. The maximum Gasteiger partial charge on any atom is 0.303 e. The van der Waals surface area contributed by atoms with E-state index in [2.05, 4.69) is 15.0 Å². The van der Waals surface area contributed by atoms with Gasteiger partial charge in [0.25, 0.3) is 5.56 Å². The number of para-hydroxylation sites is 2. The molecule has 1 aromatic carbocycles. The van der Waals surface area contributed by atoms with Crippen LogP contribution in [0, 0.1) is 0 Å². The molecule has 1 saturated carbocycles. The zero-order chi connectivity index (χ0) is 27.2. The Morgan fingerprint density at radius 1 is 0.897 bits per heavy atom. The molecule has 2 aromatic rings. The van der Waals surface area contributed by atoms with Crippen LogP contribution in [0.3, 0.4) is 0 Å². The van der Waals surface area contributed by atoms with Crippen LogP contribution < -0.4 is 5.56 Å². The van der Waals surface area contributed by atoms with Crippen molar-refractivity contribution in [2.24, 2.45) is 5.16 Å². The minimum atomic E-state index is -0.944. The van der Waals surface area contributed by atoms with Crippen molar-refractivity contribution in [3.05, 3.63) is 40.3 Å². The molecule has 3 fully saturated rings. The fourth-order valence-corrected chi connectivity index (χ4v) is 7.53. The van der Waals surface area contributed by atoms with Crippen molar-refractivity contribution in [1.82, 2.24) is 14.5 Å². The second-order valence-electron chi connectivity index (χ2n) is 11.8. The average Bonchev–Trinajstić information content (AvgIpc) is 2.93. The first kappa shape index (κ1) is 27.8. The van der Waals surface area contributed by atoms with Crippen molar-refractivity contribution in [2.75, 3.05) is 7.11 Å². The Labute approximate surface area is 231 Å². The van der Waals surface area contributed by atoms with Gasteiger partial charge in [-0.2, -0.15) is 0 Å². The first-order chi connectivity index (χ1) is 19.1. The number of carboxylic acid groups (broad SMARTS) is 1. The number of benzene rings is 1. The predicted molar refractivity (Wildman–Crippen MR) is 153 cm³/mol. The number of nitrogens with zero attached hydrogens (tertiary/aromatic N) is 4. The quantitative estimate of drug-likeness (QED) is 0.341. The molecular weight excluding hydrogens is 492 g/mol. The Bertz CT molecular complexity index is 1200. The van der Waals surface area contributed by atoms with E-state index in [9.17, 15) is 14.7 Å². The molecule has 0 amide bonds. The summed E-state index contributed by atoms with van der Waals surface area (Å²) in [6, 6.07) is 9.54. The van der Waals surface area contributed by atoms with Crippen LogP contribution >= 0.6 is 0 Å². The fraction of sp³-hybridized carbons (Fsp3) is 0.677. The van der Waals surface area contributed by atoms with E-state index >= 15 is 0 Å². The minimum Gasteiger partial charge on any atom is -0.481 e. The molecule has 2 saturated heterocycles. The van der Waals surface area contributed by atoms with Gasteiger partial charge < -0.3 is 14.5 Å². The number of aromatic nitrogens is 2. The maximum absolute atomic E-state index is 14.1. The molecule has 1 N–H and O–H groups in total. The Morgan fingerprint density at radius 2 is 1.51 bits per heavy atom. The number of rotatable bonds is 7. The lowest BCUT2D eigenvalue weighted by Gasteiger charge is -2.53. The lowest BCUT2D eigenvalue weighted by Crippen LogP contribution is -2.57. The molecule has 8 nitrogen and oxygen atoms in total. The summed E-state index contributed by atoms with van der Waals surface area (Å²) in [6.07, 6.45) is 17.7. The predicted octanol–water partition coefficient (Wildman–Crippen LogP) is 6.06. The van der Waals surface area contributed by atoms with Crippen LogP contribution in [-0.2, 0) is 9.63 Å². The van der Waals surface area contributed by atoms with Gasteiger partial charge in [-0.3, -0.25) is 14.5 Å². The van der Waals surface area contributed by atoms with E-state index in [4.69, 9.17) is 4.84 Å². The highest BCUT2D eigenvalue weighted by atomic mass is 16.6. The van der Waals surface area contributed by atoms with Gasteiger partial charge in [0.2, 0.25) is 0 Å². The van der Waals surface area contributed by atoms with Crippen LogP contribution in [0.1, 0.15) is 114 Å². The second kappa shape index (κ2) is 13.1. The number of piperidine rings is 2. The van der Waals surface area contributed by atoms with Crippen LogP contribution in [-0.4, -0.2) is 56.5 Å². The fourth-order valence-electron chi connectivity index (χ4n) is 7.53. The molecule has 2 aliphatic heterocycles. The third-order valence-electron chi connectivity index (χ3n) is 9.21. The van der Waals surface area contributed by atoms with E-state index < -0.39 is 5.97 Å². The van der Waals surface area contributed by atoms with Gasteiger partial charge in [-0.15, -0.1) is 0 Å². The Hall–Kier alpha value is -2.74. The van der Waals surface area contributed by atoms with Gasteiger partial charge in [-0.1, -0.05) is 68.7 Å². The SMILES string of the molecule is CO/N=C(\CCC(=O)O)c1nc2ccccc2n([C@H]2C[C@H]3CCC[C@@H](C2)N3C2CCCCCCCCC2)c1=O. The summed E-state index contributed by atoms with van der Waals surface area (Å²) >= 11 is 0. The number of carbonyl (C=O) groups is 1. The highest BCUT2D eigenvalue weighted by Crippen LogP contribution is 2.42. The molecule has 0 radical (unpaired) electrons. The van der Waals surface area contributed by atoms with E-state index in [-0.39, 0.29) is 30.1 Å². The monoisotopic (exact) mass is 536 g/mol. The molecule has 3 aliphatic rings. The van der Waals surface area contributed by atoms with Gasteiger partial charge >= 0.3 is 5.97 Å². The van der Waals surface area contributed by atoms with E-state index in [0.717, 1.165) is 23.9 Å². The lowest BCUT2D eigenvalue weighted by atomic mass is 9.79. The summed E-state index contributed by atoms with van der Waals surface area (Å²) in [5.41, 5.74) is 1.88. The van der Waals surface area contributed by atoms with Gasteiger partial charge in [-0.25, -0.2) is 4.98 Å². The van der Waals surface area contributed by atoms with Crippen molar-refractivity contribution in [1.29, 1.82) is 0 Å². The molecule has 8 heteroatoms. The van der Waals surface area contributed by atoms with E-state index in [1.165, 1.54) is 84.2 Å². The average molecular weight is 537 g/mol. The van der Waals surface area contributed by atoms with Crippen molar-refractivity contribution < 1.29 is 14.7 Å². The molecule has 1 aromatic heterocycles. The van der Waals surface area contributed by atoms with Gasteiger partial charge in [0.15, 0.2) is 5.69 Å². The third-order valence-corrected chi connectivity index (χ3v) is 9.21. The molecule has 212 valence electrons. The molecule has 3 heterocycles. The molecule has 0 spiro atoms. The smallest absolute Gasteiger partial charge is 0.303 e. The molecule has 1 aliphatic carbocycles. The van der Waals surface area contributed by atoms with Crippen molar-refractivity contribution in [2.45, 2.75) is 127 Å². The van der Waals surface area contributed by atoms with Crippen molar-refractivity contribution in [3.8, 4) is 0 Å². The highest BCUT2D eigenvalue weighted by Gasteiger charge is 2.42. The molecular formula is C31H44N4O4. The number of hydrogen-bond acceptors (Lipinski definition) is 6. The first-order valence-electron chi connectivity index (χ1n) is 15.2. The Balaban J connectivity index is 1.48. The van der Waals surface area contributed by atoms with Gasteiger partial charge in [-0.05, 0) is 50.7 Å². The van der Waals surface area contributed by atoms with Crippen LogP contribution in [0.4, 0.5) is 0 Å². The topological polar surface area (TPSA) is 97.0 Å². The summed E-state index contributed by atoms with van der Waals surface area (Å²) in [5, 5.41) is 13.3. The Kier molecular flexibility index (Phi) is 9.32. The number of hydrogen-bond donors (Lipinski definition) is 1. The summed E-state index contributed by atoms with van der Waals surface area (Å²) in [5.74, 6) is -0.944. The number of aliphatic carboxylic acids is 1. The minimum absolute atomic E-state index is 0.0819. The van der Waals surface area contributed by atoms with Crippen LogP contribution in [0.15, 0.2) is 34.2 Å². The zero-order valence-corrected chi connectivity index (χ0v) is 23.4. The number of oxime groups is 1. The van der Waals surface area contributed by atoms with Crippen LogP contribution in [0.5, 0.6) is 0 Å². The second-order valence-corrected chi connectivity index (χ2v) is 11.8. The standard InChI is InChI=1S/C31H44N4O4/c1-39-33-27(18-19-29(36)37)30-31(38)35(28-17-10-9-16-26(28)32-30)25-20-23-14-11-15-24(21-25)34(23)22-12-7-5-3-2-4-6-8-13-22/h9-10,16-17,22-25H,2-8,11-15,18-21H2,1H3,(H,36,37)/b33-27+/t23-,24+,25+. The van der Waals surface area contributed by atoms with Gasteiger partial charge in [0.1, 0.15) is 12.8 Å². The summed E-state index contributed by atoms with van der Waals surface area (Å²) in [4.78, 5) is 38.0. The van der Waals surface area contributed by atoms with E-state index in [1.54, 1.807) is 0 Å². The van der Waals surface area contributed by atoms with Gasteiger partial charge in [0, 0.05) is 30.6 Å². The Morgan fingerprint density at radius 3 is 2.15 bits per heavy atom. The van der Waals surface area contributed by atoms with Crippen molar-refractivity contribution >= 4 is 22.7 Å². The van der Waals surface area contributed by atoms with E-state index in [1.807, 2.05) is 28.8 Å². The summed E-state index contributed by atoms with van der Waals surface area (Å²) < 4.78 is 1.96. The highest BCUT2D eigenvalue weighted by molar-refractivity contribution is 6.00. The maximum atomic E-state index is 14.1. The zero-order valence-electron chi connectivity index (χ0n) is 23.4. The number of fused-ring (bicyclic) bond motifs is 3. The normalized spacial score (nSPS) is 25.9. The van der Waals surface area contributed by atoms with Gasteiger partial charge in [0.05, 0.1) is 17.5 Å². The van der Waals surface area contributed by atoms with E-state index in [0.29, 0.717) is 23.8 Å². The first-order valence-corrected chi connectivity index (χ1v) is 15.2. The van der Waals surface area contributed by atoms with Crippen molar-refractivity contribution in [3.63, 3.8) is 0 Å². The molecule has 2 bridgehead atoms. The molecule has 5 rings (SSSR count).